The lowest BCUT2D eigenvalue weighted by molar-refractivity contribution is -0.136. The van der Waals surface area contributed by atoms with Crippen molar-refractivity contribution in [1.82, 2.24) is 0 Å². The molecule has 0 bridgehead atoms. The van der Waals surface area contributed by atoms with Crippen molar-refractivity contribution < 1.29 is 22.0 Å². The molecule has 0 aliphatic carbocycles. The summed E-state index contributed by atoms with van der Waals surface area (Å²) in [5, 5.41) is 5.01. The summed E-state index contributed by atoms with van der Waals surface area (Å²) in [6.45, 7) is 0. The molecule has 0 atom stereocenters. The first-order valence-electron chi connectivity index (χ1n) is 6.65. The van der Waals surface area contributed by atoms with Crippen LogP contribution in [0.25, 0.3) is 0 Å². The van der Waals surface area contributed by atoms with Crippen LogP contribution in [0, 0.1) is 0 Å². The minimum absolute atomic E-state index is 0.0520. The largest absolute Gasteiger partial charge is 0.418 e. The molecular weight excluding hydrogens is 403 g/mol. The zero-order valence-corrected chi connectivity index (χ0v) is 14.6. The summed E-state index contributed by atoms with van der Waals surface area (Å²) in [4.78, 5) is 0.358. The fraction of sp³-hybridized carbons (Fsp3) is 0.133. The van der Waals surface area contributed by atoms with Gasteiger partial charge in [0.2, 0.25) is 0 Å². The van der Waals surface area contributed by atoms with Gasteiger partial charge in [0, 0.05) is 15.6 Å². The van der Waals surface area contributed by atoms with Crippen molar-refractivity contribution in [2.24, 2.45) is 0 Å². The van der Waals surface area contributed by atoms with Gasteiger partial charge in [-0.25, -0.2) is 0 Å². The summed E-state index contributed by atoms with van der Waals surface area (Å²) < 4.78 is 63.6. The van der Waals surface area contributed by atoms with Crippen LogP contribution in [0.15, 0.2) is 47.4 Å². The summed E-state index contributed by atoms with van der Waals surface area (Å²) in [7, 11) is 0. The lowest BCUT2D eigenvalue weighted by Crippen LogP contribution is -2.21. The van der Waals surface area contributed by atoms with Crippen LogP contribution in [-0.4, -0.2) is 10.9 Å². The number of thioether (sulfide) groups is 1. The molecule has 134 valence electrons. The molecule has 0 spiro atoms. The maximum absolute atomic E-state index is 13.0. The second-order valence-electron chi connectivity index (χ2n) is 4.67. The van der Waals surface area contributed by atoms with Crippen molar-refractivity contribution in [3.8, 4) is 0 Å². The molecule has 2 rings (SSSR count). The smallest absolute Gasteiger partial charge is 0.332 e. The van der Waals surface area contributed by atoms with E-state index in [-0.39, 0.29) is 15.8 Å². The molecular formula is C15H10ClF5N2S2. The van der Waals surface area contributed by atoms with Crippen molar-refractivity contribution in [1.29, 1.82) is 0 Å². The van der Waals surface area contributed by atoms with E-state index in [1.165, 1.54) is 36.4 Å². The van der Waals surface area contributed by atoms with E-state index in [9.17, 15) is 22.0 Å². The van der Waals surface area contributed by atoms with Gasteiger partial charge >= 0.3 is 6.18 Å². The van der Waals surface area contributed by atoms with E-state index in [4.69, 9.17) is 23.8 Å². The summed E-state index contributed by atoms with van der Waals surface area (Å²) in [6, 6.07) is 9.15. The van der Waals surface area contributed by atoms with Gasteiger partial charge in [-0.05, 0) is 54.7 Å². The Hall–Kier alpha value is -1.58. The van der Waals surface area contributed by atoms with Gasteiger partial charge in [0.15, 0.2) is 5.11 Å². The summed E-state index contributed by atoms with van der Waals surface area (Å²) >= 11 is 11.0. The Balaban J connectivity index is 2.08. The van der Waals surface area contributed by atoms with Crippen LogP contribution in [0.2, 0.25) is 5.02 Å². The number of benzene rings is 2. The highest BCUT2D eigenvalue weighted by Crippen LogP contribution is 2.36. The zero-order valence-electron chi connectivity index (χ0n) is 12.2. The molecule has 2 aromatic rings. The first kappa shape index (κ1) is 19.7. The zero-order chi connectivity index (χ0) is 18.6. The fourth-order valence-electron chi connectivity index (χ4n) is 1.86. The summed E-state index contributed by atoms with van der Waals surface area (Å²) in [6.07, 6.45) is -4.60. The molecule has 10 heteroatoms. The van der Waals surface area contributed by atoms with Crippen molar-refractivity contribution in [2.75, 3.05) is 10.6 Å². The Morgan fingerprint density at radius 3 is 2.24 bits per heavy atom. The van der Waals surface area contributed by atoms with Gasteiger partial charge in [0.05, 0.1) is 11.3 Å². The normalized spacial score (nSPS) is 11.5. The monoisotopic (exact) mass is 412 g/mol. The fourth-order valence-corrected chi connectivity index (χ4v) is 2.76. The lowest BCUT2D eigenvalue weighted by Gasteiger charge is -2.16. The van der Waals surface area contributed by atoms with E-state index < -0.39 is 17.5 Å². The number of anilines is 2. The first-order valence-corrected chi connectivity index (χ1v) is 8.31. The second-order valence-corrected chi connectivity index (χ2v) is 6.58. The van der Waals surface area contributed by atoms with Crippen LogP contribution in [0.3, 0.4) is 0 Å². The van der Waals surface area contributed by atoms with Crippen LogP contribution >= 0.6 is 35.6 Å². The molecule has 0 saturated carbocycles. The predicted octanol–water partition coefficient (Wildman–Crippen LogP) is 6.48. The minimum atomic E-state index is -4.60. The number of rotatable bonds is 4. The molecule has 0 unspecified atom stereocenters. The van der Waals surface area contributed by atoms with Crippen LogP contribution < -0.4 is 10.6 Å². The van der Waals surface area contributed by atoms with Crippen molar-refractivity contribution >= 4 is 52.1 Å². The van der Waals surface area contributed by atoms with E-state index >= 15 is 0 Å². The molecule has 0 fully saturated rings. The number of hydrogen-bond acceptors (Lipinski definition) is 2. The quantitative estimate of drug-likeness (QED) is 0.341. The van der Waals surface area contributed by atoms with E-state index in [2.05, 4.69) is 10.6 Å². The van der Waals surface area contributed by atoms with Gasteiger partial charge in [-0.15, -0.1) is 0 Å². The minimum Gasteiger partial charge on any atom is -0.332 e. The van der Waals surface area contributed by atoms with Gasteiger partial charge in [-0.1, -0.05) is 23.4 Å². The third-order valence-electron chi connectivity index (χ3n) is 2.87. The lowest BCUT2D eigenvalue weighted by atomic mass is 10.1. The Morgan fingerprint density at radius 2 is 1.68 bits per heavy atom. The van der Waals surface area contributed by atoms with E-state index in [0.717, 1.165) is 6.07 Å². The molecule has 0 radical (unpaired) electrons. The number of alkyl halides is 5. The third-order valence-corrected chi connectivity index (χ3v) is 4.03. The highest BCUT2D eigenvalue weighted by Gasteiger charge is 2.34. The second kappa shape index (κ2) is 8.20. The van der Waals surface area contributed by atoms with E-state index in [0.29, 0.717) is 22.3 Å². The van der Waals surface area contributed by atoms with Gasteiger partial charge in [-0.3, -0.25) is 0 Å². The molecule has 0 heterocycles. The molecule has 0 aliphatic rings. The predicted molar refractivity (Wildman–Crippen MR) is 94.6 cm³/mol. The Morgan fingerprint density at radius 1 is 1.04 bits per heavy atom. The van der Waals surface area contributed by atoms with Crippen molar-refractivity contribution in [3.63, 3.8) is 0 Å². The highest BCUT2D eigenvalue weighted by atomic mass is 35.5. The summed E-state index contributed by atoms with van der Waals surface area (Å²) in [5.41, 5.74) is -0.759. The third kappa shape index (κ3) is 6.02. The standard InChI is InChI=1S/C15H10ClF5N2S2/c16-8-1-6-12(11(7-8)15(19,20)21)23-14(24)22-9-2-4-10(5-3-9)25-13(17)18/h1-7,13H,(H2,22,23,24). The topological polar surface area (TPSA) is 24.1 Å². The molecule has 2 N–H and O–H groups in total. The van der Waals surface area contributed by atoms with E-state index in [1.54, 1.807) is 0 Å². The number of hydrogen-bond donors (Lipinski definition) is 2. The van der Waals surface area contributed by atoms with Crippen LogP contribution in [0.1, 0.15) is 5.56 Å². The van der Waals surface area contributed by atoms with Crippen molar-refractivity contribution in [2.45, 2.75) is 16.8 Å². The van der Waals surface area contributed by atoms with E-state index in [1.807, 2.05) is 0 Å². The number of thiocarbonyl (C=S) groups is 1. The Labute approximate surface area is 154 Å². The molecule has 0 aliphatic heterocycles. The van der Waals surface area contributed by atoms with Gasteiger partial charge in [0.25, 0.3) is 5.76 Å². The Kier molecular flexibility index (Phi) is 6.47. The SMILES string of the molecule is FC(F)Sc1ccc(NC(=S)Nc2ccc(Cl)cc2C(F)(F)F)cc1. The molecule has 0 aromatic heterocycles. The Bertz CT molecular complexity index is 751. The van der Waals surface area contributed by atoms with Crippen molar-refractivity contribution in [3.05, 3.63) is 53.1 Å². The molecule has 25 heavy (non-hydrogen) atoms. The molecule has 2 aromatic carbocycles. The van der Waals surface area contributed by atoms with Gasteiger partial charge < -0.3 is 10.6 Å². The molecule has 2 nitrogen and oxygen atoms in total. The summed E-state index contributed by atoms with van der Waals surface area (Å²) in [5.74, 6) is -2.53. The number of halogens is 6. The molecule has 0 amide bonds. The maximum atomic E-state index is 13.0. The van der Waals surface area contributed by atoms with Crippen LogP contribution in [-0.2, 0) is 6.18 Å². The van der Waals surface area contributed by atoms with Crippen LogP contribution in [0.5, 0.6) is 0 Å². The average Bonchev–Trinajstić information content (AvgIpc) is 2.49. The average molecular weight is 413 g/mol. The first-order chi connectivity index (χ1) is 11.6. The van der Waals surface area contributed by atoms with Crippen LogP contribution in [0.4, 0.5) is 33.3 Å². The molecule has 0 saturated heterocycles. The van der Waals surface area contributed by atoms with Gasteiger partial charge in [-0.2, -0.15) is 22.0 Å². The van der Waals surface area contributed by atoms with Gasteiger partial charge in [0.1, 0.15) is 0 Å². The highest BCUT2D eigenvalue weighted by molar-refractivity contribution is 7.99. The number of nitrogens with one attached hydrogen (secondary N) is 2. The maximum Gasteiger partial charge on any atom is 0.418 e.